The lowest BCUT2D eigenvalue weighted by Crippen LogP contribution is -2.39. The molecule has 0 unspecified atom stereocenters. The monoisotopic (exact) mass is 213 g/mol. The maximum Gasteiger partial charge on any atom is 0.352 e. The van der Waals surface area contributed by atoms with Crippen LogP contribution in [0, 0.1) is 0 Å². The highest BCUT2D eigenvalue weighted by Crippen LogP contribution is 2.13. The van der Waals surface area contributed by atoms with Crippen molar-refractivity contribution in [2.24, 2.45) is 9.98 Å². The molecule has 0 saturated heterocycles. The number of benzene rings is 1. The Hall–Kier alpha value is -2.30. The zero-order valence-electron chi connectivity index (χ0n) is 8.47. The Morgan fingerprint density at radius 2 is 1.88 bits per heavy atom. The minimum Gasteiger partial charge on any atom is -0.268 e. The van der Waals surface area contributed by atoms with Crippen LogP contribution in [0.5, 0.6) is 0 Å². The van der Waals surface area contributed by atoms with E-state index in [9.17, 15) is 9.59 Å². The fourth-order valence-electron chi connectivity index (χ4n) is 1.78. The number of amides is 3. The van der Waals surface area contributed by atoms with Crippen molar-refractivity contribution in [3.05, 3.63) is 34.8 Å². The van der Waals surface area contributed by atoms with E-state index in [1.54, 1.807) is 12.1 Å². The van der Waals surface area contributed by atoms with Gasteiger partial charge in [0.05, 0.1) is 10.9 Å². The molecule has 0 fully saturated rings. The Bertz CT molecular complexity index is 673. The van der Waals surface area contributed by atoms with Gasteiger partial charge in [0.1, 0.15) is 0 Å². The average molecular weight is 213 g/mol. The maximum atomic E-state index is 11.9. The number of nitrogens with zero attached hydrogens (tertiary/aromatic N) is 3. The lowest BCUT2D eigenvalue weighted by atomic mass is 10.1. The highest BCUT2D eigenvalue weighted by molar-refractivity contribution is 6.47. The standard InChI is InChI=1S/C11H7N3O2/c1-14-10(15)8-6-4-2-3-5-7(6)12-9(8)13-11(14)16/h2-5H,1H3. The lowest BCUT2D eigenvalue weighted by Gasteiger charge is -2.17. The van der Waals surface area contributed by atoms with Crippen LogP contribution in [0.2, 0.25) is 0 Å². The number of urea groups is 1. The summed E-state index contributed by atoms with van der Waals surface area (Å²) in [5, 5.41) is 1.43. The summed E-state index contributed by atoms with van der Waals surface area (Å²) in [5.74, 6) is -0.113. The van der Waals surface area contributed by atoms with Gasteiger partial charge in [-0.1, -0.05) is 18.2 Å². The minimum absolute atomic E-state index is 0.231. The second-order valence-electron chi connectivity index (χ2n) is 3.59. The molecular weight excluding hydrogens is 206 g/mol. The van der Waals surface area contributed by atoms with Crippen molar-refractivity contribution in [2.75, 3.05) is 7.05 Å². The largest absolute Gasteiger partial charge is 0.352 e. The predicted octanol–water partition coefficient (Wildman–Crippen LogP) is -0.539. The molecule has 2 heterocycles. The zero-order valence-corrected chi connectivity index (χ0v) is 8.47. The number of carbonyl (C=O) groups excluding carboxylic acids is 2. The van der Waals surface area contributed by atoms with Gasteiger partial charge < -0.3 is 0 Å². The molecule has 0 bridgehead atoms. The van der Waals surface area contributed by atoms with Gasteiger partial charge in [0.15, 0.2) is 5.84 Å². The van der Waals surface area contributed by atoms with Gasteiger partial charge in [-0.25, -0.2) is 9.79 Å². The van der Waals surface area contributed by atoms with Crippen LogP contribution in [0.4, 0.5) is 4.79 Å². The smallest absolute Gasteiger partial charge is 0.268 e. The van der Waals surface area contributed by atoms with Crippen molar-refractivity contribution in [3.8, 4) is 0 Å². The second kappa shape index (κ2) is 2.85. The minimum atomic E-state index is -0.569. The number of hydrogen-bond acceptors (Lipinski definition) is 3. The molecule has 2 aliphatic heterocycles. The molecule has 16 heavy (non-hydrogen) atoms. The first-order valence-electron chi connectivity index (χ1n) is 4.77. The third kappa shape index (κ3) is 0.995. The van der Waals surface area contributed by atoms with E-state index in [4.69, 9.17) is 0 Å². The molecule has 0 aromatic heterocycles. The van der Waals surface area contributed by atoms with Gasteiger partial charge in [-0.2, -0.15) is 4.99 Å². The third-order valence-corrected chi connectivity index (χ3v) is 2.63. The Morgan fingerprint density at radius 1 is 1.12 bits per heavy atom. The summed E-state index contributed by atoms with van der Waals surface area (Å²) < 4.78 is 0. The Balaban J connectivity index is 2.44. The number of para-hydroxylation sites is 1. The first-order valence-corrected chi connectivity index (χ1v) is 4.77. The third-order valence-electron chi connectivity index (χ3n) is 2.63. The van der Waals surface area contributed by atoms with Crippen LogP contribution >= 0.6 is 0 Å². The molecule has 78 valence electrons. The number of imide groups is 1. The zero-order chi connectivity index (χ0) is 11.3. The molecule has 0 aliphatic carbocycles. The lowest BCUT2D eigenvalue weighted by molar-refractivity contribution is -0.121. The van der Waals surface area contributed by atoms with Gasteiger partial charge >= 0.3 is 6.03 Å². The van der Waals surface area contributed by atoms with Crippen LogP contribution in [0.15, 0.2) is 34.3 Å². The van der Waals surface area contributed by atoms with Crippen molar-refractivity contribution >= 4 is 23.3 Å². The van der Waals surface area contributed by atoms with E-state index in [1.807, 2.05) is 12.1 Å². The second-order valence-corrected chi connectivity index (χ2v) is 3.59. The van der Waals surface area contributed by atoms with Crippen molar-refractivity contribution in [1.82, 2.24) is 4.90 Å². The summed E-state index contributed by atoms with van der Waals surface area (Å²) in [5.41, 5.74) is 0.415. The van der Waals surface area contributed by atoms with E-state index in [2.05, 4.69) is 9.98 Å². The number of rotatable bonds is 0. The number of carbonyl (C=O) groups is 2. The average Bonchev–Trinajstić information content (AvgIpc) is 2.64. The number of aliphatic imine (C=N–C) groups is 1. The molecule has 5 nitrogen and oxygen atoms in total. The first-order chi connectivity index (χ1) is 7.68. The van der Waals surface area contributed by atoms with E-state index in [1.165, 1.54) is 7.05 Å². The molecule has 0 atom stereocenters. The molecule has 3 amide bonds. The normalized spacial score (nSPS) is 17.9. The van der Waals surface area contributed by atoms with Crippen molar-refractivity contribution in [2.45, 2.75) is 0 Å². The van der Waals surface area contributed by atoms with E-state index in [-0.39, 0.29) is 11.7 Å². The summed E-state index contributed by atoms with van der Waals surface area (Å²) in [6.07, 6.45) is 0. The van der Waals surface area contributed by atoms with Gasteiger partial charge in [0.2, 0.25) is 0 Å². The topological polar surface area (TPSA) is 62.1 Å². The molecule has 0 spiro atoms. The van der Waals surface area contributed by atoms with Crippen LogP contribution in [0.1, 0.15) is 0 Å². The van der Waals surface area contributed by atoms with Gasteiger partial charge in [-0.15, -0.1) is 0 Å². The number of hydrogen-bond donors (Lipinski definition) is 0. The molecule has 1 aromatic carbocycles. The SMILES string of the molecule is CN1C(=O)N=C2N=c3ccccc3=C2C1=O. The summed E-state index contributed by atoms with van der Waals surface area (Å²) >= 11 is 0. The van der Waals surface area contributed by atoms with Crippen molar-refractivity contribution in [3.63, 3.8) is 0 Å². The van der Waals surface area contributed by atoms with Crippen LogP contribution in [-0.4, -0.2) is 29.7 Å². The molecule has 3 rings (SSSR count). The van der Waals surface area contributed by atoms with Gasteiger partial charge in [0.25, 0.3) is 5.91 Å². The van der Waals surface area contributed by atoms with E-state index in [0.717, 1.165) is 10.1 Å². The quantitative estimate of drug-likeness (QED) is 0.581. The van der Waals surface area contributed by atoms with Crippen LogP contribution in [0.3, 0.4) is 0 Å². The number of fused-ring (bicyclic) bond motifs is 2. The molecule has 0 saturated carbocycles. The van der Waals surface area contributed by atoms with Crippen molar-refractivity contribution in [1.29, 1.82) is 0 Å². The molecule has 2 aliphatic rings. The predicted molar refractivity (Wildman–Crippen MR) is 56.2 cm³/mol. The number of amidine groups is 1. The van der Waals surface area contributed by atoms with E-state index >= 15 is 0 Å². The van der Waals surface area contributed by atoms with E-state index in [0.29, 0.717) is 10.9 Å². The Labute approximate surface area is 90.4 Å². The summed E-state index contributed by atoms with van der Waals surface area (Å²) in [4.78, 5) is 32.2. The molecule has 5 heteroatoms. The fraction of sp³-hybridized carbons (Fsp3) is 0.0909. The Morgan fingerprint density at radius 3 is 2.69 bits per heavy atom. The highest BCUT2D eigenvalue weighted by Gasteiger charge is 2.32. The first kappa shape index (κ1) is 8.96. The summed E-state index contributed by atoms with van der Waals surface area (Å²) in [6.45, 7) is 0. The molecular formula is C11H7N3O2. The van der Waals surface area contributed by atoms with Crippen LogP contribution < -0.4 is 10.6 Å². The van der Waals surface area contributed by atoms with E-state index < -0.39 is 6.03 Å². The molecule has 0 N–H and O–H groups in total. The highest BCUT2D eigenvalue weighted by atomic mass is 16.2. The Kier molecular flexibility index (Phi) is 1.60. The molecule has 1 aromatic rings. The summed E-state index contributed by atoms with van der Waals surface area (Å²) in [7, 11) is 1.42. The van der Waals surface area contributed by atoms with Crippen molar-refractivity contribution < 1.29 is 9.59 Å². The van der Waals surface area contributed by atoms with Gasteiger partial charge in [0, 0.05) is 12.3 Å². The molecule has 0 radical (unpaired) electrons. The van der Waals surface area contributed by atoms with Crippen LogP contribution in [0.25, 0.3) is 5.57 Å². The fourth-order valence-corrected chi connectivity index (χ4v) is 1.78. The summed E-state index contributed by atoms with van der Waals surface area (Å²) in [6, 6.07) is 6.68. The van der Waals surface area contributed by atoms with Gasteiger partial charge in [-0.05, 0) is 6.07 Å². The maximum absolute atomic E-state index is 11.9. The van der Waals surface area contributed by atoms with Crippen LogP contribution in [-0.2, 0) is 4.79 Å². The van der Waals surface area contributed by atoms with Gasteiger partial charge in [-0.3, -0.25) is 9.69 Å².